The van der Waals surface area contributed by atoms with Crippen LogP contribution in [0.4, 0.5) is 0 Å². The Labute approximate surface area is 193 Å². The molecule has 1 aromatic heterocycles. The first-order chi connectivity index (χ1) is 16.5. The van der Waals surface area contributed by atoms with Gasteiger partial charge in [0.05, 0.1) is 28.6 Å². The van der Waals surface area contributed by atoms with Gasteiger partial charge in [0.15, 0.2) is 11.6 Å². The molecule has 7 rings (SSSR count). The maximum atomic E-state index is 13.4. The zero-order valence-electron chi connectivity index (χ0n) is 17.7. The highest BCUT2D eigenvalue weighted by Crippen LogP contribution is 2.48. The Morgan fingerprint density at radius 3 is 2.26 bits per heavy atom. The molecule has 162 valence electrons. The molecule has 0 bridgehead atoms. The van der Waals surface area contributed by atoms with Gasteiger partial charge in [0, 0.05) is 33.7 Å². The van der Waals surface area contributed by atoms with Crippen molar-refractivity contribution in [2.45, 2.75) is 6.10 Å². The Bertz CT molecular complexity index is 1680. The number of benzene rings is 3. The van der Waals surface area contributed by atoms with Crippen molar-refractivity contribution in [2.75, 3.05) is 0 Å². The molecule has 2 unspecified atom stereocenters. The normalized spacial score (nSPS) is 19.9. The minimum absolute atomic E-state index is 0.0586. The summed E-state index contributed by atoms with van der Waals surface area (Å²) in [6.45, 7) is 0. The van der Waals surface area contributed by atoms with Crippen molar-refractivity contribution in [3.63, 3.8) is 0 Å². The molecule has 6 heteroatoms. The first-order valence-electron chi connectivity index (χ1n) is 11.0. The van der Waals surface area contributed by atoms with Crippen LogP contribution >= 0.6 is 0 Å². The van der Waals surface area contributed by atoms with Gasteiger partial charge in [0.2, 0.25) is 0 Å². The molecular weight excluding hydrogens is 428 g/mol. The maximum Gasteiger partial charge on any atom is 0.196 e. The molecular formula is C28H16N2O4. The number of aliphatic hydroxyl groups excluding tert-OH is 2. The Hall–Kier alpha value is -4.42. The van der Waals surface area contributed by atoms with E-state index < -0.39 is 12.0 Å². The van der Waals surface area contributed by atoms with Crippen molar-refractivity contribution in [1.29, 1.82) is 0 Å². The lowest BCUT2D eigenvalue weighted by atomic mass is 9.76. The number of hydrogen-bond donors (Lipinski definition) is 2. The van der Waals surface area contributed by atoms with Crippen molar-refractivity contribution in [3.8, 4) is 0 Å². The van der Waals surface area contributed by atoms with E-state index in [2.05, 4.69) is 0 Å². The number of aromatic nitrogens is 2. The number of fused-ring (bicyclic) bond motifs is 8. The molecule has 6 nitrogen and oxygen atoms in total. The number of carbonyl (C=O) groups excluding carboxylic acids is 2. The number of carbonyl (C=O) groups is 2. The van der Waals surface area contributed by atoms with E-state index in [9.17, 15) is 19.8 Å². The Balaban J connectivity index is 1.49. The lowest BCUT2D eigenvalue weighted by Gasteiger charge is -2.33. The first-order valence-corrected chi connectivity index (χ1v) is 11.0. The molecule has 0 fully saturated rings. The fourth-order valence-electron chi connectivity index (χ4n) is 5.32. The second-order valence-electron chi connectivity index (χ2n) is 8.70. The number of aliphatic hydroxyl groups is 2. The van der Waals surface area contributed by atoms with E-state index in [1.807, 2.05) is 6.07 Å². The molecule has 0 saturated carbocycles. The van der Waals surface area contributed by atoms with Crippen LogP contribution in [0.2, 0.25) is 0 Å². The molecule has 0 spiro atoms. The van der Waals surface area contributed by atoms with Gasteiger partial charge in [-0.25, -0.2) is 9.97 Å². The summed E-state index contributed by atoms with van der Waals surface area (Å²) in [6.07, 6.45) is 2.72. The summed E-state index contributed by atoms with van der Waals surface area (Å²) in [5, 5.41) is 22.1. The second kappa shape index (κ2) is 6.56. The van der Waals surface area contributed by atoms with Gasteiger partial charge in [0.1, 0.15) is 11.3 Å². The summed E-state index contributed by atoms with van der Waals surface area (Å²) < 4.78 is 0. The van der Waals surface area contributed by atoms with Gasteiger partial charge < -0.3 is 10.2 Å². The van der Waals surface area contributed by atoms with Crippen LogP contribution in [-0.2, 0) is 0 Å². The quantitative estimate of drug-likeness (QED) is 0.364. The minimum Gasteiger partial charge on any atom is -0.507 e. The fourth-order valence-corrected chi connectivity index (χ4v) is 5.32. The van der Waals surface area contributed by atoms with Crippen LogP contribution in [0, 0.1) is 5.92 Å². The first kappa shape index (κ1) is 19.1. The number of ketones is 2. The van der Waals surface area contributed by atoms with E-state index >= 15 is 0 Å². The summed E-state index contributed by atoms with van der Waals surface area (Å²) in [6, 6.07) is 17.3. The maximum absolute atomic E-state index is 13.4. The van der Waals surface area contributed by atoms with Crippen molar-refractivity contribution in [3.05, 3.63) is 112 Å². The zero-order chi connectivity index (χ0) is 23.1. The average molecular weight is 444 g/mol. The van der Waals surface area contributed by atoms with Gasteiger partial charge in [-0.15, -0.1) is 0 Å². The van der Waals surface area contributed by atoms with E-state index in [4.69, 9.17) is 9.97 Å². The monoisotopic (exact) mass is 444 g/mol. The van der Waals surface area contributed by atoms with Gasteiger partial charge >= 0.3 is 0 Å². The second-order valence-corrected chi connectivity index (χ2v) is 8.70. The largest absolute Gasteiger partial charge is 0.507 e. The standard InChI is InChI=1S/C28H16N2O4/c31-25-13-5-1-3-7-15(13)27(33)21-17(25)9-11-19-23(21)29-20-12-10-18-22(24(20)30-19)28(34)16-8-4-2-6-14(16)26(18)32/h1-12,17,25,31,33H. The van der Waals surface area contributed by atoms with Crippen LogP contribution in [0.15, 0.2) is 66.7 Å². The van der Waals surface area contributed by atoms with Crippen molar-refractivity contribution < 1.29 is 19.8 Å². The number of rotatable bonds is 0. The number of hydrogen-bond acceptors (Lipinski definition) is 6. The third-order valence-electron chi connectivity index (χ3n) is 6.93. The summed E-state index contributed by atoms with van der Waals surface area (Å²) in [5.74, 6) is -0.883. The third kappa shape index (κ3) is 2.32. The average Bonchev–Trinajstić information content (AvgIpc) is 2.88. The Kier molecular flexibility index (Phi) is 3.68. The van der Waals surface area contributed by atoms with Crippen molar-refractivity contribution in [2.24, 2.45) is 5.92 Å². The molecule has 3 aromatic carbocycles. The third-order valence-corrected chi connectivity index (χ3v) is 6.93. The predicted octanol–water partition coefficient (Wildman–Crippen LogP) is 4.52. The SMILES string of the molecule is O=C1c2ccccc2C(=O)c2c1ccc1nc3c(nc21)C=CC1C3=C(O)c2ccccc2C1O. The van der Waals surface area contributed by atoms with Gasteiger partial charge in [-0.1, -0.05) is 54.6 Å². The minimum atomic E-state index is -0.830. The topological polar surface area (TPSA) is 100 Å². The molecule has 0 saturated heterocycles. The van der Waals surface area contributed by atoms with Crippen LogP contribution < -0.4 is 0 Å². The smallest absolute Gasteiger partial charge is 0.196 e. The highest BCUT2D eigenvalue weighted by atomic mass is 16.3. The molecule has 1 heterocycles. The molecule has 3 aliphatic rings. The molecule has 4 aromatic rings. The van der Waals surface area contributed by atoms with E-state index in [0.717, 1.165) is 0 Å². The Morgan fingerprint density at radius 2 is 1.47 bits per heavy atom. The van der Waals surface area contributed by atoms with Crippen molar-refractivity contribution in [1.82, 2.24) is 9.97 Å². The van der Waals surface area contributed by atoms with Crippen LogP contribution in [0.25, 0.3) is 28.4 Å². The van der Waals surface area contributed by atoms with E-state index in [1.165, 1.54) is 0 Å². The summed E-state index contributed by atoms with van der Waals surface area (Å²) in [4.78, 5) is 36.0. The Morgan fingerprint density at radius 1 is 0.765 bits per heavy atom. The van der Waals surface area contributed by atoms with E-state index in [0.29, 0.717) is 55.8 Å². The molecule has 34 heavy (non-hydrogen) atoms. The highest BCUT2D eigenvalue weighted by molar-refractivity contribution is 6.31. The predicted molar refractivity (Wildman–Crippen MR) is 126 cm³/mol. The van der Waals surface area contributed by atoms with Gasteiger partial charge in [0.25, 0.3) is 0 Å². The summed E-state index contributed by atoms with van der Waals surface area (Å²) in [7, 11) is 0. The van der Waals surface area contributed by atoms with Gasteiger partial charge in [-0.2, -0.15) is 0 Å². The van der Waals surface area contributed by atoms with E-state index in [-0.39, 0.29) is 22.9 Å². The summed E-state index contributed by atoms with van der Waals surface area (Å²) in [5.41, 5.74) is 4.76. The van der Waals surface area contributed by atoms with Gasteiger partial charge in [-0.05, 0) is 23.8 Å². The molecule has 3 aliphatic carbocycles. The van der Waals surface area contributed by atoms with Gasteiger partial charge in [-0.3, -0.25) is 9.59 Å². The highest BCUT2D eigenvalue weighted by Gasteiger charge is 2.38. The van der Waals surface area contributed by atoms with Crippen LogP contribution in [0.5, 0.6) is 0 Å². The lowest BCUT2D eigenvalue weighted by molar-refractivity contribution is 0.0980. The molecule has 0 radical (unpaired) electrons. The van der Waals surface area contributed by atoms with Crippen LogP contribution in [-0.4, -0.2) is 31.7 Å². The number of nitrogens with zero attached hydrogens (tertiary/aromatic N) is 2. The fraction of sp³-hybridized carbons (Fsp3) is 0.0714. The molecule has 0 amide bonds. The van der Waals surface area contributed by atoms with E-state index in [1.54, 1.807) is 66.7 Å². The zero-order valence-corrected chi connectivity index (χ0v) is 17.7. The summed E-state index contributed by atoms with van der Waals surface area (Å²) >= 11 is 0. The van der Waals surface area contributed by atoms with Crippen LogP contribution in [0.3, 0.4) is 0 Å². The molecule has 2 N–H and O–H groups in total. The molecule has 0 aliphatic heterocycles. The van der Waals surface area contributed by atoms with Crippen molar-refractivity contribution >= 4 is 40.0 Å². The molecule has 2 atom stereocenters. The van der Waals surface area contributed by atoms with Crippen LogP contribution in [0.1, 0.15) is 60.5 Å². The lowest BCUT2D eigenvalue weighted by Crippen LogP contribution is -2.24.